The number of amides is 1. The molecular formula is C16H17BrFNO5. The highest BCUT2D eigenvalue weighted by Crippen LogP contribution is 2.20. The van der Waals surface area contributed by atoms with Gasteiger partial charge >= 0.3 is 11.9 Å². The summed E-state index contributed by atoms with van der Waals surface area (Å²) in [6.45, 7) is 0.379. The molecule has 1 fully saturated rings. The van der Waals surface area contributed by atoms with Gasteiger partial charge in [0.1, 0.15) is 5.82 Å². The van der Waals surface area contributed by atoms with Crippen LogP contribution in [0.2, 0.25) is 0 Å². The summed E-state index contributed by atoms with van der Waals surface area (Å²) in [4.78, 5) is 37.0. The summed E-state index contributed by atoms with van der Waals surface area (Å²) >= 11 is 3.13. The average Bonchev–Trinajstić information content (AvgIpc) is 2.60. The molecule has 1 aliphatic rings. The van der Waals surface area contributed by atoms with Crippen LogP contribution in [-0.4, -0.2) is 49.6 Å². The van der Waals surface area contributed by atoms with Crippen molar-refractivity contribution in [1.29, 1.82) is 0 Å². The highest BCUT2D eigenvalue weighted by Gasteiger charge is 2.28. The van der Waals surface area contributed by atoms with Gasteiger partial charge in [0.2, 0.25) is 0 Å². The molecule has 130 valence electrons. The van der Waals surface area contributed by atoms with E-state index in [0.29, 0.717) is 30.4 Å². The van der Waals surface area contributed by atoms with Gasteiger partial charge < -0.3 is 14.4 Å². The van der Waals surface area contributed by atoms with E-state index in [0.717, 1.165) is 6.07 Å². The van der Waals surface area contributed by atoms with Crippen molar-refractivity contribution in [1.82, 2.24) is 4.90 Å². The number of carbonyl (C=O) groups excluding carboxylic acids is 3. The highest BCUT2D eigenvalue weighted by molar-refractivity contribution is 9.10. The molecule has 0 atom stereocenters. The van der Waals surface area contributed by atoms with Crippen molar-refractivity contribution in [2.24, 2.45) is 5.92 Å². The van der Waals surface area contributed by atoms with E-state index in [9.17, 15) is 18.8 Å². The minimum absolute atomic E-state index is 0.0206. The first-order valence-corrected chi connectivity index (χ1v) is 8.19. The Balaban J connectivity index is 1.84. The number of hydrogen-bond acceptors (Lipinski definition) is 5. The van der Waals surface area contributed by atoms with Crippen LogP contribution in [0.1, 0.15) is 23.2 Å². The van der Waals surface area contributed by atoms with Gasteiger partial charge in [0, 0.05) is 17.6 Å². The molecule has 1 amide bonds. The van der Waals surface area contributed by atoms with Crippen LogP contribution < -0.4 is 0 Å². The lowest BCUT2D eigenvalue weighted by Crippen LogP contribution is -2.42. The summed E-state index contributed by atoms with van der Waals surface area (Å²) < 4.78 is 23.2. The van der Waals surface area contributed by atoms with Crippen LogP contribution in [0.4, 0.5) is 4.39 Å². The Bertz CT molecular complexity index is 643. The van der Waals surface area contributed by atoms with E-state index in [4.69, 9.17) is 4.74 Å². The largest absolute Gasteiger partial charge is 0.469 e. The fourth-order valence-corrected chi connectivity index (χ4v) is 2.89. The van der Waals surface area contributed by atoms with Crippen molar-refractivity contribution < 1.29 is 28.2 Å². The van der Waals surface area contributed by atoms with E-state index in [-0.39, 0.29) is 23.4 Å². The maximum Gasteiger partial charge on any atom is 0.339 e. The molecular weight excluding hydrogens is 385 g/mol. The molecule has 1 aromatic rings. The zero-order valence-electron chi connectivity index (χ0n) is 13.1. The average molecular weight is 402 g/mol. The first-order valence-electron chi connectivity index (χ1n) is 7.40. The predicted octanol–water partition coefficient (Wildman–Crippen LogP) is 2.16. The van der Waals surface area contributed by atoms with E-state index in [2.05, 4.69) is 20.7 Å². The van der Waals surface area contributed by atoms with Gasteiger partial charge in [-0.2, -0.15) is 0 Å². The quantitative estimate of drug-likeness (QED) is 0.722. The summed E-state index contributed by atoms with van der Waals surface area (Å²) in [5.74, 6) is -2.17. The van der Waals surface area contributed by atoms with E-state index >= 15 is 0 Å². The molecule has 2 rings (SSSR count). The summed E-state index contributed by atoms with van der Waals surface area (Å²) in [5.41, 5.74) is 0.0206. The van der Waals surface area contributed by atoms with Crippen LogP contribution in [0.5, 0.6) is 0 Å². The van der Waals surface area contributed by atoms with Crippen LogP contribution in [0, 0.1) is 11.7 Å². The Labute approximate surface area is 147 Å². The number of likely N-dealkylation sites (tertiary alicyclic amines) is 1. The van der Waals surface area contributed by atoms with Crippen LogP contribution in [0.15, 0.2) is 22.7 Å². The second-order valence-electron chi connectivity index (χ2n) is 5.38. The second kappa shape index (κ2) is 8.23. The third kappa shape index (κ3) is 4.53. The third-order valence-corrected chi connectivity index (χ3v) is 4.55. The lowest BCUT2D eigenvalue weighted by atomic mass is 9.97. The van der Waals surface area contributed by atoms with Crippen molar-refractivity contribution >= 4 is 33.8 Å². The van der Waals surface area contributed by atoms with Crippen LogP contribution in [-0.2, 0) is 19.1 Å². The molecule has 1 heterocycles. The molecule has 8 heteroatoms. The number of methoxy groups -OCH3 is 1. The van der Waals surface area contributed by atoms with E-state index in [1.807, 2.05) is 0 Å². The second-order valence-corrected chi connectivity index (χ2v) is 6.23. The van der Waals surface area contributed by atoms with Crippen molar-refractivity contribution in [3.63, 3.8) is 0 Å². The van der Waals surface area contributed by atoms with E-state index in [1.165, 1.54) is 24.1 Å². The Hall–Kier alpha value is -1.96. The lowest BCUT2D eigenvalue weighted by molar-refractivity contribution is -0.149. The maximum absolute atomic E-state index is 13.2. The Morgan fingerprint density at radius 2 is 1.96 bits per heavy atom. The smallest absolute Gasteiger partial charge is 0.339 e. The van der Waals surface area contributed by atoms with Crippen LogP contribution in [0.25, 0.3) is 0 Å². The number of esters is 2. The first kappa shape index (κ1) is 18.4. The van der Waals surface area contributed by atoms with Crippen molar-refractivity contribution in [3.8, 4) is 0 Å². The van der Waals surface area contributed by atoms with Gasteiger partial charge in [-0.25, -0.2) is 9.18 Å². The molecule has 0 aliphatic carbocycles. The SMILES string of the molecule is COC(=O)C1CCN(C(=O)COC(=O)c2cc(F)ccc2Br)CC1. The number of benzene rings is 1. The van der Waals surface area contributed by atoms with Crippen molar-refractivity contribution in [3.05, 3.63) is 34.1 Å². The fraction of sp³-hybridized carbons (Fsp3) is 0.438. The van der Waals surface area contributed by atoms with Crippen molar-refractivity contribution in [2.75, 3.05) is 26.8 Å². The Morgan fingerprint density at radius 3 is 2.58 bits per heavy atom. The first-order chi connectivity index (χ1) is 11.4. The van der Waals surface area contributed by atoms with Gasteiger partial charge in [-0.1, -0.05) is 0 Å². The number of ether oxygens (including phenoxy) is 2. The van der Waals surface area contributed by atoms with Gasteiger partial charge in [-0.3, -0.25) is 9.59 Å². The standard InChI is InChI=1S/C16H17BrFNO5/c1-23-15(21)10-4-6-19(7-5-10)14(20)9-24-16(22)12-8-11(18)2-3-13(12)17/h2-3,8,10H,4-7,9H2,1H3. The number of halogens is 2. The number of rotatable bonds is 4. The molecule has 0 bridgehead atoms. The molecule has 1 aliphatic heterocycles. The minimum atomic E-state index is -0.779. The molecule has 0 saturated carbocycles. The molecule has 24 heavy (non-hydrogen) atoms. The molecule has 1 aromatic carbocycles. The Morgan fingerprint density at radius 1 is 1.29 bits per heavy atom. The monoisotopic (exact) mass is 401 g/mol. The third-order valence-electron chi connectivity index (χ3n) is 3.86. The molecule has 0 N–H and O–H groups in total. The molecule has 0 spiro atoms. The van der Waals surface area contributed by atoms with Gasteiger partial charge in [0.25, 0.3) is 5.91 Å². The van der Waals surface area contributed by atoms with Crippen molar-refractivity contribution in [2.45, 2.75) is 12.8 Å². The van der Waals surface area contributed by atoms with E-state index < -0.39 is 18.4 Å². The van der Waals surface area contributed by atoms with Gasteiger partial charge in [0.15, 0.2) is 6.61 Å². The minimum Gasteiger partial charge on any atom is -0.469 e. The highest BCUT2D eigenvalue weighted by atomic mass is 79.9. The van der Waals surface area contributed by atoms with Crippen LogP contribution >= 0.6 is 15.9 Å². The lowest BCUT2D eigenvalue weighted by Gasteiger charge is -2.30. The number of carbonyl (C=O) groups is 3. The zero-order valence-corrected chi connectivity index (χ0v) is 14.7. The summed E-state index contributed by atoms with van der Waals surface area (Å²) in [6, 6.07) is 3.64. The zero-order chi connectivity index (χ0) is 17.7. The predicted molar refractivity (Wildman–Crippen MR) is 85.7 cm³/mol. The summed E-state index contributed by atoms with van der Waals surface area (Å²) in [5, 5.41) is 0. The molecule has 0 radical (unpaired) electrons. The fourth-order valence-electron chi connectivity index (χ4n) is 2.48. The maximum atomic E-state index is 13.2. The molecule has 0 aromatic heterocycles. The summed E-state index contributed by atoms with van der Waals surface area (Å²) in [6.07, 6.45) is 1.03. The van der Waals surface area contributed by atoms with Crippen LogP contribution in [0.3, 0.4) is 0 Å². The van der Waals surface area contributed by atoms with E-state index in [1.54, 1.807) is 0 Å². The topological polar surface area (TPSA) is 72.9 Å². The van der Waals surface area contributed by atoms with Gasteiger partial charge in [-0.05, 0) is 47.0 Å². The number of nitrogens with zero attached hydrogens (tertiary/aromatic N) is 1. The normalized spacial score (nSPS) is 15.0. The van der Waals surface area contributed by atoms with Gasteiger partial charge in [-0.15, -0.1) is 0 Å². The molecule has 6 nitrogen and oxygen atoms in total. The Kier molecular flexibility index (Phi) is 6.30. The van der Waals surface area contributed by atoms with Gasteiger partial charge in [0.05, 0.1) is 18.6 Å². The molecule has 0 unspecified atom stereocenters. The molecule has 1 saturated heterocycles. The summed E-state index contributed by atoms with van der Waals surface area (Å²) in [7, 11) is 1.34. The number of hydrogen-bond donors (Lipinski definition) is 0. The number of piperidine rings is 1.